The van der Waals surface area contributed by atoms with E-state index in [0.717, 1.165) is 0 Å². The van der Waals surface area contributed by atoms with Gasteiger partial charge in [0, 0.05) is 30.1 Å². The van der Waals surface area contributed by atoms with E-state index in [2.05, 4.69) is 4.98 Å². The van der Waals surface area contributed by atoms with Gasteiger partial charge in [-0.25, -0.2) is 4.79 Å². The molecular formula is C23H31Cl2N5O4S. The number of aromatic nitrogens is 2. The van der Waals surface area contributed by atoms with Gasteiger partial charge in [0.1, 0.15) is 5.82 Å². The molecule has 35 heavy (non-hydrogen) atoms. The van der Waals surface area contributed by atoms with Crippen LogP contribution in [0.1, 0.15) is 27.7 Å². The molecule has 0 aliphatic carbocycles. The molecule has 0 spiro atoms. The van der Waals surface area contributed by atoms with Gasteiger partial charge < -0.3 is 15.5 Å². The van der Waals surface area contributed by atoms with Crippen LogP contribution in [0, 0.1) is 11.8 Å². The number of benzene rings is 1. The van der Waals surface area contributed by atoms with Crippen molar-refractivity contribution in [2.24, 2.45) is 11.8 Å². The number of nitrogens with two attached hydrogens (primary N) is 1. The quantitative estimate of drug-likeness (QED) is 0.443. The maximum atomic E-state index is 13.3. The van der Waals surface area contributed by atoms with Crippen molar-refractivity contribution in [3.63, 3.8) is 0 Å². The Hall–Kier alpha value is -2.43. The zero-order valence-corrected chi connectivity index (χ0v) is 22.8. The fourth-order valence-electron chi connectivity index (χ4n) is 3.28. The van der Waals surface area contributed by atoms with Crippen LogP contribution in [0.4, 0.5) is 11.5 Å². The maximum absolute atomic E-state index is 13.3. The molecule has 1 aromatic heterocycles. The molecule has 0 saturated carbocycles. The van der Waals surface area contributed by atoms with Crippen molar-refractivity contribution in [1.82, 2.24) is 14.5 Å². The van der Waals surface area contributed by atoms with Crippen LogP contribution in [0.25, 0.3) is 0 Å². The number of thioether (sulfide) groups is 1. The summed E-state index contributed by atoms with van der Waals surface area (Å²) in [6.45, 7) is 7.76. The van der Waals surface area contributed by atoms with Crippen molar-refractivity contribution in [2.45, 2.75) is 39.1 Å². The minimum absolute atomic E-state index is 0.00948. The molecule has 9 nitrogen and oxygen atoms in total. The van der Waals surface area contributed by atoms with Crippen LogP contribution in [-0.4, -0.2) is 52.2 Å². The van der Waals surface area contributed by atoms with Crippen molar-refractivity contribution >= 4 is 58.3 Å². The number of carbonyl (C=O) groups is 2. The Bertz CT molecular complexity index is 1200. The molecule has 2 rings (SSSR count). The minimum atomic E-state index is -0.748. The van der Waals surface area contributed by atoms with E-state index in [1.807, 2.05) is 27.7 Å². The predicted octanol–water partition coefficient (Wildman–Crippen LogP) is 3.32. The highest BCUT2D eigenvalue weighted by Gasteiger charge is 2.27. The molecule has 0 bridgehead atoms. The van der Waals surface area contributed by atoms with Crippen molar-refractivity contribution < 1.29 is 9.59 Å². The molecule has 12 heteroatoms. The van der Waals surface area contributed by atoms with E-state index in [-0.39, 0.29) is 54.6 Å². The third-order valence-electron chi connectivity index (χ3n) is 4.92. The zero-order chi connectivity index (χ0) is 26.4. The monoisotopic (exact) mass is 543 g/mol. The number of nitrogens with zero attached hydrogens (tertiary/aromatic N) is 3. The topological polar surface area (TPSA) is 121 Å². The third kappa shape index (κ3) is 7.78. The van der Waals surface area contributed by atoms with Gasteiger partial charge in [-0.2, -0.15) is 0 Å². The van der Waals surface area contributed by atoms with Crippen LogP contribution < -0.4 is 21.9 Å². The Morgan fingerprint density at radius 3 is 2.37 bits per heavy atom. The van der Waals surface area contributed by atoms with Crippen molar-refractivity contribution in [2.75, 3.05) is 36.5 Å². The molecule has 3 N–H and O–H groups in total. The Kier molecular flexibility index (Phi) is 10.3. The van der Waals surface area contributed by atoms with E-state index in [9.17, 15) is 19.2 Å². The second kappa shape index (κ2) is 12.5. The summed E-state index contributed by atoms with van der Waals surface area (Å²) in [6, 6.07) is 4.97. The lowest BCUT2D eigenvalue weighted by atomic mass is 10.2. The lowest BCUT2D eigenvalue weighted by Gasteiger charge is -2.28. The third-order valence-corrected chi connectivity index (χ3v) is 6.64. The summed E-state index contributed by atoms with van der Waals surface area (Å²) in [6.07, 6.45) is 0. The second-order valence-electron chi connectivity index (χ2n) is 9.01. The normalized spacial score (nSPS) is 11.2. The Balaban J connectivity index is 2.26. The summed E-state index contributed by atoms with van der Waals surface area (Å²) in [4.78, 5) is 56.4. The number of hydrogen-bond acceptors (Lipinski definition) is 6. The van der Waals surface area contributed by atoms with Crippen LogP contribution in [0.2, 0.25) is 10.0 Å². The number of anilines is 2. The summed E-state index contributed by atoms with van der Waals surface area (Å²) >= 11 is 13.4. The number of H-pyrrole nitrogens is 1. The lowest BCUT2D eigenvalue weighted by molar-refractivity contribution is -0.131. The van der Waals surface area contributed by atoms with Gasteiger partial charge in [0.25, 0.3) is 5.56 Å². The highest BCUT2D eigenvalue weighted by molar-refractivity contribution is 8.00. The summed E-state index contributed by atoms with van der Waals surface area (Å²) in [5.41, 5.74) is 4.74. The fraction of sp³-hybridized carbons (Fsp3) is 0.478. The number of hydrogen-bond donors (Lipinski definition) is 2. The number of carbonyl (C=O) groups excluding carboxylic acids is 2. The van der Waals surface area contributed by atoms with Gasteiger partial charge in [0.05, 0.1) is 17.3 Å². The molecule has 2 amide bonds. The molecule has 0 aliphatic rings. The van der Waals surface area contributed by atoms with Crippen LogP contribution in [0.3, 0.4) is 0 Å². The summed E-state index contributed by atoms with van der Waals surface area (Å²) in [7, 11) is 1.50. The first-order chi connectivity index (χ1) is 16.3. The number of nitrogen functional groups attached to an aromatic ring is 1. The number of amides is 2. The smallest absolute Gasteiger partial charge is 0.330 e. The van der Waals surface area contributed by atoms with E-state index >= 15 is 0 Å². The van der Waals surface area contributed by atoms with E-state index < -0.39 is 17.2 Å². The van der Waals surface area contributed by atoms with Gasteiger partial charge in [-0.05, 0) is 30.0 Å². The average Bonchev–Trinajstić information content (AvgIpc) is 2.75. The fourth-order valence-corrected chi connectivity index (χ4v) is 4.72. The maximum Gasteiger partial charge on any atom is 0.330 e. The molecule has 0 aliphatic heterocycles. The molecule has 2 aromatic rings. The van der Waals surface area contributed by atoms with Crippen molar-refractivity contribution in [3.05, 3.63) is 49.1 Å². The highest BCUT2D eigenvalue weighted by atomic mass is 35.5. The summed E-state index contributed by atoms with van der Waals surface area (Å²) < 4.78 is 1.25. The number of aromatic amines is 1. The zero-order valence-electron chi connectivity index (χ0n) is 20.4. The van der Waals surface area contributed by atoms with Crippen molar-refractivity contribution in [3.8, 4) is 0 Å². The van der Waals surface area contributed by atoms with E-state index in [0.29, 0.717) is 14.9 Å². The van der Waals surface area contributed by atoms with E-state index in [1.54, 1.807) is 18.2 Å². The van der Waals surface area contributed by atoms with Gasteiger partial charge in [0.2, 0.25) is 11.8 Å². The molecule has 0 unspecified atom stereocenters. The highest BCUT2D eigenvalue weighted by Crippen LogP contribution is 2.30. The van der Waals surface area contributed by atoms with Crippen LogP contribution >= 0.6 is 35.0 Å². The van der Waals surface area contributed by atoms with Gasteiger partial charge in [-0.3, -0.25) is 23.9 Å². The molecule has 1 heterocycles. The molecule has 0 saturated heterocycles. The van der Waals surface area contributed by atoms with E-state index in [4.69, 9.17) is 28.9 Å². The average molecular weight is 545 g/mol. The SMILES string of the molecule is CC(C)CN(C(=O)CN(C)C(=O)CSc1cc(Cl)ccc1Cl)c1c(N)n(CC(C)C)c(=O)[nH]c1=O. The Morgan fingerprint density at radius 2 is 1.77 bits per heavy atom. The number of likely N-dealkylation sites (N-methyl/N-ethyl adjacent to an activating group) is 1. The Labute approximate surface area is 218 Å². The van der Waals surface area contributed by atoms with Gasteiger partial charge in [-0.15, -0.1) is 11.8 Å². The molecule has 0 radical (unpaired) electrons. The van der Waals surface area contributed by atoms with Crippen LogP contribution in [0.15, 0.2) is 32.7 Å². The number of rotatable bonds is 10. The first-order valence-electron chi connectivity index (χ1n) is 11.1. The first kappa shape index (κ1) is 28.8. The Morgan fingerprint density at radius 1 is 1.11 bits per heavy atom. The number of halogens is 2. The van der Waals surface area contributed by atoms with Gasteiger partial charge >= 0.3 is 5.69 Å². The number of nitrogens with one attached hydrogen (secondary N) is 1. The summed E-state index contributed by atoms with van der Waals surface area (Å²) in [5, 5.41) is 0.971. The van der Waals surface area contributed by atoms with Crippen LogP contribution in [0.5, 0.6) is 0 Å². The van der Waals surface area contributed by atoms with Crippen LogP contribution in [-0.2, 0) is 16.1 Å². The minimum Gasteiger partial charge on any atom is -0.383 e. The predicted molar refractivity (Wildman–Crippen MR) is 143 cm³/mol. The van der Waals surface area contributed by atoms with Gasteiger partial charge in [0.15, 0.2) is 5.69 Å². The lowest BCUT2D eigenvalue weighted by Crippen LogP contribution is -2.47. The summed E-state index contributed by atoms with van der Waals surface area (Å²) in [5.74, 6) is -0.776. The second-order valence-corrected chi connectivity index (χ2v) is 10.9. The molecule has 1 aromatic carbocycles. The molecule has 0 atom stereocenters. The molecular weight excluding hydrogens is 513 g/mol. The molecule has 0 fully saturated rings. The van der Waals surface area contributed by atoms with E-state index in [1.165, 1.54) is 33.2 Å². The largest absolute Gasteiger partial charge is 0.383 e. The van der Waals surface area contributed by atoms with Crippen molar-refractivity contribution in [1.29, 1.82) is 0 Å². The van der Waals surface area contributed by atoms with Gasteiger partial charge in [-0.1, -0.05) is 50.9 Å². The molecule has 192 valence electrons. The standard InChI is InChI=1S/C23H31Cl2N5O4S/c1-13(2)9-29(20-21(26)30(10-14(3)4)23(34)27-22(20)33)18(31)11-28(5)19(32)12-35-17-8-15(24)6-7-16(17)25/h6-8,13-14H,9-12,26H2,1-5H3,(H,27,33,34). The first-order valence-corrected chi connectivity index (χ1v) is 12.8.